The number of carbonyl (C=O) groups is 1. The van der Waals surface area contributed by atoms with Gasteiger partial charge in [-0.05, 0) is 45.6 Å². The lowest BCUT2D eigenvalue weighted by molar-refractivity contribution is -0.122. The average Bonchev–Trinajstić information content (AvgIpc) is 3.04. The van der Waals surface area contributed by atoms with E-state index in [2.05, 4.69) is 22.9 Å². The van der Waals surface area contributed by atoms with E-state index in [0.717, 1.165) is 25.9 Å². The molecule has 1 saturated carbocycles. The summed E-state index contributed by atoms with van der Waals surface area (Å²) in [7, 11) is 0. The lowest BCUT2D eigenvalue weighted by Gasteiger charge is -2.18. The van der Waals surface area contributed by atoms with E-state index in [1.165, 1.54) is 25.8 Å². The Labute approximate surface area is 104 Å². The van der Waals surface area contributed by atoms with Crippen LogP contribution < -0.4 is 16.0 Å². The lowest BCUT2D eigenvalue weighted by atomic mass is 10.1. The fourth-order valence-electron chi connectivity index (χ4n) is 2.46. The van der Waals surface area contributed by atoms with Gasteiger partial charge in [0, 0.05) is 31.1 Å². The Hall–Kier alpha value is -0.610. The van der Waals surface area contributed by atoms with Gasteiger partial charge in [0.15, 0.2) is 0 Å². The molecule has 2 unspecified atom stereocenters. The van der Waals surface area contributed by atoms with E-state index in [-0.39, 0.29) is 5.91 Å². The van der Waals surface area contributed by atoms with Crippen LogP contribution in [0, 0.1) is 5.92 Å². The van der Waals surface area contributed by atoms with Gasteiger partial charge in [0.1, 0.15) is 0 Å². The monoisotopic (exact) mass is 239 g/mol. The number of rotatable bonds is 7. The molecule has 98 valence electrons. The van der Waals surface area contributed by atoms with Crippen LogP contribution >= 0.6 is 0 Å². The fourth-order valence-corrected chi connectivity index (χ4v) is 2.46. The minimum Gasteiger partial charge on any atom is -0.355 e. The number of hydrogen-bond acceptors (Lipinski definition) is 3. The van der Waals surface area contributed by atoms with Crippen LogP contribution in [0.5, 0.6) is 0 Å². The highest BCUT2D eigenvalue weighted by atomic mass is 16.2. The smallest absolute Gasteiger partial charge is 0.223 e. The van der Waals surface area contributed by atoms with Crippen molar-refractivity contribution in [1.82, 2.24) is 16.0 Å². The van der Waals surface area contributed by atoms with Gasteiger partial charge >= 0.3 is 0 Å². The first-order valence-electron chi connectivity index (χ1n) is 7.00. The molecule has 1 amide bonds. The highest BCUT2D eigenvalue weighted by Gasteiger charge is 2.28. The van der Waals surface area contributed by atoms with E-state index < -0.39 is 0 Å². The second kappa shape index (κ2) is 6.36. The molecule has 0 spiro atoms. The molecule has 17 heavy (non-hydrogen) atoms. The summed E-state index contributed by atoms with van der Waals surface area (Å²) in [5, 5.41) is 9.96. The number of nitrogens with one attached hydrogen (secondary N) is 3. The van der Waals surface area contributed by atoms with Gasteiger partial charge in [0.2, 0.25) is 5.91 Å². The summed E-state index contributed by atoms with van der Waals surface area (Å²) in [6, 6.07) is 1.22. The van der Waals surface area contributed by atoms with E-state index in [9.17, 15) is 4.79 Å². The first kappa shape index (κ1) is 12.8. The van der Waals surface area contributed by atoms with Gasteiger partial charge in [-0.1, -0.05) is 0 Å². The second-order valence-corrected chi connectivity index (χ2v) is 5.45. The Morgan fingerprint density at radius 1 is 1.35 bits per heavy atom. The zero-order valence-electron chi connectivity index (χ0n) is 10.8. The summed E-state index contributed by atoms with van der Waals surface area (Å²) in [5.74, 6) is 0.576. The fraction of sp³-hybridized carbons (Fsp3) is 0.923. The van der Waals surface area contributed by atoms with Gasteiger partial charge in [-0.15, -0.1) is 0 Å². The van der Waals surface area contributed by atoms with Gasteiger partial charge in [-0.2, -0.15) is 0 Å². The Bertz CT molecular complexity index is 247. The van der Waals surface area contributed by atoms with Crippen molar-refractivity contribution in [1.29, 1.82) is 0 Å². The normalized spacial score (nSPS) is 25.8. The Kier molecular flexibility index (Phi) is 4.80. The van der Waals surface area contributed by atoms with Crippen molar-refractivity contribution in [3.05, 3.63) is 0 Å². The maximum absolute atomic E-state index is 11.4. The number of hydrogen-bond donors (Lipinski definition) is 3. The minimum atomic E-state index is 0.247. The molecule has 0 radical (unpaired) electrons. The van der Waals surface area contributed by atoms with Crippen molar-refractivity contribution in [2.24, 2.45) is 5.92 Å². The van der Waals surface area contributed by atoms with E-state index in [1.807, 2.05) is 0 Å². The Morgan fingerprint density at radius 3 is 2.82 bits per heavy atom. The molecule has 1 aliphatic carbocycles. The maximum atomic E-state index is 11.4. The largest absolute Gasteiger partial charge is 0.355 e. The van der Waals surface area contributed by atoms with E-state index in [4.69, 9.17) is 0 Å². The van der Waals surface area contributed by atoms with Crippen LogP contribution in [0.2, 0.25) is 0 Å². The minimum absolute atomic E-state index is 0.247. The van der Waals surface area contributed by atoms with Crippen molar-refractivity contribution in [3.63, 3.8) is 0 Å². The molecule has 4 nitrogen and oxygen atoms in total. The quantitative estimate of drug-likeness (QED) is 0.571. The maximum Gasteiger partial charge on any atom is 0.223 e. The molecule has 0 bridgehead atoms. The molecular weight excluding hydrogens is 214 g/mol. The summed E-state index contributed by atoms with van der Waals surface area (Å²) in [5.41, 5.74) is 0. The lowest BCUT2D eigenvalue weighted by Crippen LogP contribution is -2.39. The van der Waals surface area contributed by atoms with Crippen LogP contribution in [0.15, 0.2) is 0 Å². The SMILES string of the molecule is CC(CC1CCCN1)NCCNC(=O)C1CC1. The average molecular weight is 239 g/mol. The molecule has 2 aliphatic rings. The summed E-state index contributed by atoms with van der Waals surface area (Å²) in [6.45, 7) is 5.04. The summed E-state index contributed by atoms with van der Waals surface area (Å²) in [6.07, 6.45) is 5.99. The van der Waals surface area contributed by atoms with Crippen molar-refractivity contribution in [2.45, 2.75) is 51.1 Å². The van der Waals surface area contributed by atoms with Crippen molar-refractivity contribution in [2.75, 3.05) is 19.6 Å². The predicted molar refractivity (Wildman–Crippen MR) is 68.8 cm³/mol. The first-order chi connectivity index (χ1) is 8.25. The second-order valence-electron chi connectivity index (χ2n) is 5.45. The standard InChI is InChI=1S/C13H25N3O/c1-10(9-12-3-2-6-15-12)14-7-8-16-13(17)11-4-5-11/h10-12,14-15H,2-9H2,1H3,(H,16,17). The molecular formula is C13H25N3O. The molecule has 2 atom stereocenters. The van der Waals surface area contributed by atoms with Gasteiger partial charge in [0.05, 0.1) is 0 Å². The molecule has 2 fully saturated rings. The van der Waals surface area contributed by atoms with Gasteiger partial charge in [-0.25, -0.2) is 0 Å². The molecule has 4 heteroatoms. The third-order valence-electron chi connectivity index (χ3n) is 3.67. The van der Waals surface area contributed by atoms with E-state index in [0.29, 0.717) is 18.0 Å². The van der Waals surface area contributed by atoms with Gasteiger partial charge in [-0.3, -0.25) is 4.79 Å². The van der Waals surface area contributed by atoms with Crippen molar-refractivity contribution < 1.29 is 4.79 Å². The van der Waals surface area contributed by atoms with E-state index in [1.54, 1.807) is 0 Å². The highest BCUT2D eigenvalue weighted by Crippen LogP contribution is 2.28. The third kappa shape index (κ3) is 4.64. The molecule has 1 aliphatic heterocycles. The van der Waals surface area contributed by atoms with Crippen LogP contribution in [0.1, 0.15) is 39.0 Å². The zero-order chi connectivity index (χ0) is 12.1. The Morgan fingerprint density at radius 2 is 2.18 bits per heavy atom. The molecule has 1 saturated heterocycles. The third-order valence-corrected chi connectivity index (χ3v) is 3.67. The van der Waals surface area contributed by atoms with Gasteiger partial charge < -0.3 is 16.0 Å². The van der Waals surface area contributed by atoms with Crippen molar-refractivity contribution in [3.8, 4) is 0 Å². The molecule has 0 aromatic heterocycles. The van der Waals surface area contributed by atoms with Gasteiger partial charge in [0.25, 0.3) is 0 Å². The molecule has 3 N–H and O–H groups in total. The molecule has 2 rings (SSSR count). The summed E-state index contributed by atoms with van der Waals surface area (Å²) >= 11 is 0. The number of carbonyl (C=O) groups excluding carboxylic acids is 1. The highest BCUT2D eigenvalue weighted by molar-refractivity contribution is 5.80. The van der Waals surface area contributed by atoms with Crippen LogP contribution in [-0.4, -0.2) is 37.6 Å². The van der Waals surface area contributed by atoms with E-state index >= 15 is 0 Å². The summed E-state index contributed by atoms with van der Waals surface area (Å²) < 4.78 is 0. The zero-order valence-corrected chi connectivity index (χ0v) is 10.8. The molecule has 0 aromatic carbocycles. The topological polar surface area (TPSA) is 53.2 Å². The first-order valence-corrected chi connectivity index (χ1v) is 7.00. The predicted octanol–water partition coefficient (Wildman–Crippen LogP) is 0.633. The van der Waals surface area contributed by atoms with Crippen LogP contribution in [0.4, 0.5) is 0 Å². The van der Waals surface area contributed by atoms with Crippen molar-refractivity contribution >= 4 is 5.91 Å². The van der Waals surface area contributed by atoms with Crippen LogP contribution in [0.25, 0.3) is 0 Å². The van der Waals surface area contributed by atoms with Crippen LogP contribution in [0.3, 0.4) is 0 Å². The Balaban J connectivity index is 1.47. The molecule has 0 aromatic rings. The van der Waals surface area contributed by atoms with Crippen LogP contribution in [-0.2, 0) is 4.79 Å². The summed E-state index contributed by atoms with van der Waals surface area (Å²) in [4.78, 5) is 11.4. The number of amides is 1. The molecule has 1 heterocycles.